The maximum absolute atomic E-state index is 12.4. The molecule has 2 aromatic rings. The van der Waals surface area contributed by atoms with Gasteiger partial charge in [-0.25, -0.2) is 4.79 Å². The third-order valence-electron chi connectivity index (χ3n) is 5.14. The summed E-state index contributed by atoms with van der Waals surface area (Å²) >= 11 is 1.81. The average Bonchev–Trinajstić information content (AvgIpc) is 3.26. The van der Waals surface area contributed by atoms with Gasteiger partial charge in [0.2, 0.25) is 0 Å². The molecule has 1 aromatic carbocycles. The minimum Gasteiger partial charge on any atom is -0.324 e. The molecule has 2 atom stereocenters. The molecule has 6 heteroatoms. The summed E-state index contributed by atoms with van der Waals surface area (Å²) < 4.78 is 0. The second-order valence-corrected chi connectivity index (χ2v) is 8.13. The smallest absolute Gasteiger partial charge is 0.321 e. The zero-order valence-electron chi connectivity index (χ0n) is 14.7. The zero-order valence-corrected chi connectivity index (χ0v) is 15.5. The Morgan fingerprint density at radius 1 is 1.15 bits per heavy atom. The first-order chi connectivity index (χ1) is 12.8. The van der Waals surface area contributed by atoms with Crippen molar-refractivity contribution in [3.63, 3.8) is 0 Å². The number of hydrogen-bond acceptors (Lipinski definition) is 4. The first kappa shape index (κ1) is 17.4. The van der Waals surface area contributed by atoms with Crippen molar-refractivity contribution in [1.29, 1.82) is 0 Å². The number of nitrogens with one attached hydrogen (secondary N) is 2. The monoisotopic (exact) mass is 368 g/mol. The van der Waals surface area contributed by atoms with Gasteiger partial charge >= 0.3 is 6.03 Å². The molecule has 1 aromatic heterocycles. The van der Waals surface area contributed by atoms with E-state index in [1.165, 1.54) is 4.90 Å². The maximum atomic E-state index is 12.4. The molecule has 26 heavy (non-hydrogen) atoms. The SMILES string of the molecule is O=C(Nc1ccc(SCCc2ccccn2)cc1)N1CC2CNCC2C1. The van der Waals surface area contributed by atoms with Crippen molar-refractivity contribution in [2.45, 2.75) is 11.3 Å². The summed E-state index contributed by atoms with van der Waals surface area (Å²) in [6.07, 6.45) is 2.79. The molecule has 0 bridgehead atoms. The van der Waals surface area contributed by atoms with Crippen LogP contribution in [0.4, 0.5) is 10.5 Å². The van der Waals surface area contributed by atoms with Gasteiger partial charge in [-0.1, -0.05) is 6.07 Å². The van der Waals surface area contributed by atoms with E-state index < -0.39 is 0 Å². The largest absolute Gasteiger partial charge is 0.324 e. The topological polar surface area (TPSA) is 57.3 Å². The first-order valence-corrected chi connectivity index (χ1v) is 10.2. The van der Waals surface area contributed by atoms with Gasteiger partial charge in [-0.2, -0.15) is 0 Å². The summed E-state index contributed by atoms with van der Waals surface area (Å²) in [4.78, 5) is 19.9. The van der Waals surface area contributed by atoms with Crippen molar-refractivity contribution in [3.05, 3.63) is 54.4 Å². The van der Waals surface area contributed by atoms with Crippen LogP contribution >= 0.6 is 11.8 Å². The summed E-state index contributed by atoms with van der Waals surface area (Å²) in [5.74, 6) is 2.24. The van der Waals surface area contributed by atoms with Crippen LogP contribution in [0.5, 0.6) is 0 Å². The summed E-state index contributed by atoms with van der Waals surface area (Å²) in [5.41, 5.74) is 1.98. The van der Waals surface area contributed by atoms with Crippen molar-refractivity contribution in [1.82, 2.24) is 15.2 Å². The highest BCUT2D eigenvalue weighted by molar-refractivity contribution is 7.99. The Hall–Kier alpha value is -2.05. The van der Waals surface area contributed by atoms with Crippen LogP contribution in [-0.2, 0) is 6.42 Å². The van der Waals surface area contributed by atoms with E-state index in [4.69, 9.17) is 0 Å². The lowest BCUT2D eigenvalue weighted by atomic mass is 10.0. The van der Waals surface area contributed by atoms with Crippen molar-refractivity contribution >= 4 is 23.5 Å². The number of thioether (sulfide) groups is 1. The first-order valence-electron chi connectivity index (χ1n) is 9.17. The summed E-state index contributed by atoms with van der Waals surface area (Å²) in [6, 6.07) is 14.2. The second-order valence-electron chi connectivity index (χ2n) is 6.96. The van der Waals surface area contributed by atoms with Gasteiger partial charge in [0.05, 0.1) is 0 Å². The number of aryl methyl sites for hydroxylation is 1. The number of pyridine rings is 1. The highest BCUT2D eigenvalue weighted by atomic mass is 32.2. The van der Waals surface area contributed by atoms with Gasteiger partial charge in [-0.05, 0) is 54.7 Å². The van der Waals surface area contributed by atoms with E-state index in [1.807, 2.05) is 47.1 Å². The normalized spacial score (nSPS) is 21.6. The molecule has 2 aliphatic heterocycles. The molecule has 2 saturated heterocycles. The summed E-state index contributed by atoms with van der Waals surface area (Å²) in [5, 5.41) is 6.43. The minimum atomic E-state index is 0.0231. The Morgan fingerprint density at radius 3 is 2.62 bits per heavy atom. The molecule has 0 saturated carbocycles. The minimum absolute atomic E-state index is 0.0231. The number of benzene rings is 1. The standard InChI is InChI=1S/C20H24N4OS/c25-20(24-13-15-11-21-12-16(15)14-24)23-18-4-6-19(7-5-18)26-10-8-17-3-1-2-9-22-17/h1-7,9,15-16,21H,8,10-14H2,(H,23,25). The number of aromatic nitrogens is 1. The van der Waals surface area contributed by atoms with Crippen LogP contribution < -0.4 is 10.6 Å². The number of fused-ring (bicyclic) bond motifs is 1. The second kappa shape index (κ2) is 8.10. The lowest BCUT2D eigenvalue weighted by Crippen LogP contribution is -2.35. The quantitative estimate of drug-likeness (QED) is 0.797. The number of likely N-dealkylation sites (tertiary alicyclic amines) is 1. The Morgan fingerprint density at radius 2 is 1.92 bits per heavy atom. The highest BCUT2D eigenvalue weighted by Crippen LogP contribution is 2.27. The van der Waals surface area contributed by atoms with E-state index in [0.717, 1.165) is 49.7 Å². The average molecular weight is 369 g/mol. The number of hydrogen-bond donors (Lipinski definition) is 2. The molecular weight excluding hydrogens is 344 g/mol. The van der Waals surface area contributed by atoms with E-state index in [1.54, 1.807) is 0 Å². The van der Waals surface area contributed by atoms with Gasteiger partial charge in [0.15, 0.2) is 0 Å². The van der Waals surface area contributed by atoms with Gasteiger partial charge in [0.25, 0.3) is 0 Å². The fourth-order valence-corrected chi connectivity index (χ4v) is 4.55. The Labute approximate surface area is 158 Å². The van der Waals surface area contributed by atoms with Crippen molar-refractivity contribution in [2.24, 2.45) is 11.8 Å². The van der Waals surface area contributed by atoms with Gasteiger partial charge in [0, 0.05) is 54.4 Å². The number of amides is 2. The van der Waals surface area contributed by atoms with Crippen molar-refractivity contribution in [2.75, 3.05) is 37.2 Å². The van der Waals surface area contributed by atoms with Crippen LogP contribution in [0.15, 0.2) is 53.6 Å². The maximum Gasteiger partial charge on any atom is 0.321 e. The molecule has 0 spiro atoms. The fourth-order valence-electron chi connectivity index (χ4n) is 3.68. The molecule has 0 aliphatic carbocycles. The van der Waals surface area contributed by atoms with Crippen LogP contribution in [0.25, 0.3) is 0 Å². The molecule has 0 radical (unpaired) electrons. The van der Waals surface area contributed by atoms with Crippen LogP contribution in [0.3, 0.4) is 0 Å². The Kier molecular flexibility index (Phi) is 5.41. The highest BCUT2D eigenvalue weighted by Gasteiger charge is 2.38. The van der Waals surface area contributed by atoms with Crippen LogP contribution in [-0.4, -0.2) is 47.8 Å². The third-order valence-corrected chi connectivity index (χ3v) is 6.15. The molecule has 3 heterocycles. The molecule has 2 aliphatic rings. The predicted molar refractivity (Wildman–Crippen MR) is 106 cm³/mol. The molecule has 4 rings (SSSR count). The number of carbonyl (C=O) groups excluding carboxylic acids is 1. The lowest BCUT2D eigenvalue weighted by molar-refractivity contribution is 0.219. The van der Waals surface area contributed by atoms with E-state index in [0.29, 0.717) is 11.8 Å². The molecule has 2 fully saturated rings. The lowest BCUT2D eigenvalue weighted by Gasteiger charge is -2.18. The number of rotatable bonds is 5. The van der Waals surface area contributed by atoms with E-state index in [9.17, 15) is 4.79 Å². The summed E-state index contributed by atoms with van der Waals surface area (Å²) in [7, 11) is 0. The van der Waals surface area contributed by atoms with Crippen LogP contribution in [0.2, 0.25) is 0 Å². The van der Waals surface area contributed by atoms with Crippen LogP contribution in [0, 0.1) is 11.8 Å². The van der Waals surface area contributed by atoms with Gasteiger partial charge < -0.3 is 15.5 Å². The van der Waals surface area contributed by atoms with Gasteiger partial charge in [-0.15, -0.1) is 11.8 Å². The molecule has 136 valence electrons. The van der Waals surface area contributed by atoms with Gasteiger partial charge in [-0.3, -0.25) is 4.98 Å². The Balaban J connectivity index is 1.24. The molecule has 5 nitrogen and oxygen atoms in total. The van der Waals surface area contributed by atoms with Gasteiger partial charge in [0.1, 0.15) is 0 Å². The summed E-state index contributed by atoms with van der Waals surface area (Å²) in [6.45, 7) is 3.81. The van der Waals surface area contributed by atoms with Crippen LogP contribution in [0.1, 0.15) is 5.69 Å². The zero-order chi connectivity index (χ0) is 17.8. The number of urea groups is 1. The molecule has 2 N–H and O–H groups in total. The molecule has 2 amide bonds. The van der Waals surface area contributed by atoms with E-state index in [2.05, 4.69) is 33.8 Å². The molecule has 2 unspecified atom stereocenters. The Bertz CT molecular complexity index is 725. The van der Waals surface area contributed by atoms with Crippen molar-refractivity contribution < 1.29 is 4.79 Å². The third kappa shape index (κ3) is 4.19. The molecular formula is C20H24N4OS. The predicted octanol–water partition coefficient (Wildman–Crippen LogP) is 3.10. The van der Waals surface area contributed by atoms with Crippen molar-refractivity contribution in [3.8, 4) is 0 Å². The number of carbonyl (C=O) groups is 1. The number of nitrogens with zero attached hydrogens (tertiary/aromatic N) is 2. The number of anilines is 1. The van der Waals surface area contributed by atoms with E-state index >= 15 is 0 Å². The van der Waals surface area contributed by atoms with E-state index in [-0.39, 0.29) is 6.03 Å². The fraction of sp³-hybridized carbons (Fsp3) is 0.400.